The van der Waals surface area contributed by atoms with Crippen molar-refractivity contribution < 1.29 is 14.3 Å². The van der Waals surface area contributed by atoms with Gasteiger partial charge >= 0.3 is 0 Å². The van der Waals surface area contributed by atoms with Gasteiger partial charge in [0, 0.05) is 51.7 Å². The molecule has 2 saturated heterocycles. The Morgan fingerprint density at radius 3 is 2.92 bits per heavy atom. The zero-order valence-corrected chi connectivity index (χ0v) is 15.9. The summed E-state index contributed by atoms with van der Waals surface area (Å²) in [6, 6.07) is 10.8. The first-order valence-corrected chi connectivity index (χ1v) is 9.90. The van der Waals surface area contributed by atoms with Crippen LogP contribution in [0.1, 0.15) is 24.8 Å². The van der Waals surface area contributed by atoms with Crippen LogP contribution in [0.25, 0.3) is 0 Å². The highest BCUT2D eigenvalue weighted by Gasteiger charge is 2.36. The molecule has 1 amide bonds. The number of ether oxygens (including phenoxy) is 2. The van der Waals surface area contributed by atoms with Gasteiger partial charge in [-0.25, -0.2) is 0 Å². The number of nitrogens with zero attached hydrogens (tertiary/aromatic N) is 2. The first-order chi connectivity index (χ1) is 12.8. The van der Waals surface area contributed by atoms with Crippen LogP contribution in [0, 0.1) is 5.92 Å². The van der Waals surface area contributed by atoms with Crippen molar-refractivity contribution in [1.82, 2.24) is 9.80 Å². The summed E-state index contributed by atoms with van der Waals surface area (Å²) in [5.41, 5.74) is 1.31. The number of hydrogen-bond acceptors (Lipinski definition) is 4. The Balaban J connectivity index is 1.51. The van der Waals surface area contributed by atoms with E-state index >= 15 is 0 Å². The van der Waals surface area contributed by atoms with Gasteiger partial charge in [0.05, 0.1) is 19.8 Å². The Kier molecular flexibility index (Phi) is 7.47. The maximum Gasteiger partial charge on any atom is 0.222 e. The number of carbonyl (C=O) groups excluding carboxylic acids is 1. The normalized spacial score (nSPS) is 24.1. The SMILES string of the molecule is COCCN1CCOC[C@H]2CCN(C(=O)CCCc3ccccc3)C[C@H]21. The minimum atomic E-state index is 0.302. The van der Waals surface area contributed by atoms with E-state index in [0.717, 1.165) is 65.3 Å². The van der Waals surface area contributed by atoms with Crippen LogP contribution in [0.15, 0.2) is 30.3 Å². The molecule has 3 rings (SSSR count). The number of methoxy groups -OCH3 is 1. The molecule has 0 aromatic heterocycles. The first-order valence-electron chi connectivity index (χ1n) is 9.90. The Labute approximate surface area is 157 Å². The largest absolute Gasteiger partial charge is 0.383 e. The predicted octanol–water partition coefficient (Wildman–Crippen LogP) is 2.21. The van der Waals surface area contributed by atoms with Gasteiger partial charge in [0.1, 0.15) is 0 Å². The molecule has 2 aliphatic rings. The predicted molar refractivity (Wildman–Crippen MR) is 102 cm³/mol. The molecule has 0 bridgehead atoms. The number of aryl methyl sites for hydroxylation is 1. The van der Waals surface area contributed by atoms with Gasteiger partial charge in [-0.15, -0.1) is 0 Å². The van der Waals surface area contributed by atoms with Gasteiger partial charge in [-0.2, -0.15) is 0 Å². The third kappa shape index (κ3) is 5.29. The van der Waals surface area contributed by atoms with Crippen LogP contribution < -0.4 is 0 Å². The van der Waals surface area contributed by atoms with E-state index in [1.165, 1.54) is 5.56 Å². The molecule has 1 aromatic carbocycles. The average Bonchev–Trinajstić information content (AvgIpc) is 2.88. The number of amides is 1. The summed E-state index contributed by atoms with van der Waals surface area (Å²) in [7, 11) is 1.75. The number of likely N-dealkylation sites (tertiary alicyclic amines) is 1. The molecule has 0 aliphatic carbocycles. The Bertz CT molecular complexity index is 551. The fraction of sp³-hybridized carbons (Fsp3) is 0.667. The second kappa shape index (κ2) is 10.0. The maximum absolute atomic E-state index is 12.7. The van der Waals surface area contributed by atoms with Gasteiger partial charge in [-0.05, 0) is 24.8 Å². The van der Waals surface area contributed by atoms with Gasteiger partial charge < -0.3 is 14.4 Å². The van der Waals surface area contributed by atoms with Crippen molar-refractivity contribution in [2.24, 2.45) is 5.92 Å². The molecule has 1 aromatic rings. The summed E-state index contributed by atoms with van der Waals surface area (Å²) in [6.45, 7) is 5.88. The molecule has 0 radical (unpaired) electrons. The summed E-state index contributed by atoms with van der Waals surface area (Å²) < 4.78 is 11.1. The molecule has 2 atom stereocenters. The molecular formula is C21H32N2O3. The molecule has 0 saturated carbocycles. The quantitative estimate of drug-likeness (QED) is 0.748. The van der Waals surface area contributed by atoms with E-state index in [9.17, 15) is 4.79 Å². The van der Waals surface area contributed by atoms with E-state index in [-0.39, 0.29) is 0 Å². The van der Waals surface area contributed by atoms with Crippen LogP contribution in [0.3, 0.4) is 0 Å². The Morgan fingerprint density at radius 2 is 2.12 bits per heavy atom. The van der Waals surface area contributed by atoms with E-state index in [1.54, 1.807) is 7.11 Å². The molecule has 2 fully saturated rings. The van der Waals surface area contributed by atoms with Crippen LogP contribution in [0.2, 0.25) is 0 Å². The average molecular weight is 360 g/mol. The summed E-state index contributed by atoms with van der Waals surface area (Å²) in [4.78, 5) is 17.3. The van der Waals surface area contributed by atoms with Crippen molar-refractivity contribution in [3.63, 3.8) is 0 Å². The Morgan fingerprint density at radius 1 is 1.27 bits per heavy atom. The molecule has 0 N–H and O–H groups in total. The fourth-order valence-electron chi connectivity index (χ4n) is 4.13. The highest BCUT2D eigenvalue weighted by Crippen LogP contribution is 2.25. The van der Waals surface area contributed by atoms with Crippen molar-refractivity contribution in [3.05, 3.63) is 35.9 Å². The van der Waals surface area contributed by atoms with Gasteiger partial charge in [0.15, 0.2) is 0 Å². The molecule has 2 aliphatic heterocycles. The smallest absolute Gasteiger partial charge is 0.222 e. The first kappa shape index (κ1) is 19.3. The van der Waals surface area contributed by atoms with Gasteiger partial charge in [-0.1, -0.05) is 30.3 Å². The molecule has 0 unspecified atom stereocenters. The van der Waals surface area contributed by atoms with Crippen LogP contribution >= 0.6 is 0 Å². The van der Waals surface area contributed by atoms with Crippen molar-refractivity contribution in [2.75, 3.05) is 53.1 Å². The standard InChI is InChI=1S/C21H32N2O3/c1-25-14-12-22-13-15-26-17-19-10-11-23(16-20(19)22)21(24)9-5-8-18-6-3-2-4-7-18/h2-4,6-7,19-20H,5,8-17H2,1H3/t19-,20-/m1/s1. The zero-order chi connectivity index (χ0) is 18.2. The number of benzene rings is 1. The number of rotatable bonds is 7. The number of carbonyl (C=O) groups is 1. The van der Waals surface area contributed by atoms with Crippen molar-refractivity contribution in [1.29, 1.82) is 0 Å². The van der Waals surface area contributed by atoms with Crippen LogP contribution in [-0.4, -0.2) is 74.9 Å². The summed E-state index contributed by atoms with van der Waals surface area (Å²) in [5.74, 6) is 0.832. The Hall–Kier alpha value is -1.43. The van der Waals surface area contributed by atoms with E-state index < -0.39 is 0 Å². The fourth-order valence-corrected chi connectivity index (χ4v) is 4.13. The lowest BCUT2D eigenvalue weighted by Gasteiger charge is -2.42. The molecule has 5 nitrogen and oxygen atoms in total. The minimum Gasteiger partial charge on any atom is -0.383 e. The highest BCUT2D eigenvalue weighted by atomic mass is 16.5. The molecule has 2 heterocycles. The van der Waals surface area contributed by atoms with Gasteiger partial charge in [0.2, 0.25) is 5.91 Å². The van der Waals surface area contributed by atoms with Gasteiger partial charge in [-0.3, -0.25) is 9.69 Å². The summed E-state index contributed by atoms with van der Waals surface area (Å²) in [6.07, 6.45) is 3.57. The van der Waals surface area contributed by atoms with Crippen LogP contribution in [-0.2, 0) is 20.7 Å². The number of fused-ring (bicyclic) bond motifs is 1. The molecule has 0 spiro atoms. The monoisotopic (exact) mass is 360 g/mol. The molecule has 5 heteroatoms. The second-order valence-corrected chi connectivity index (χ2v) is 7.40. The number of hydrogen-bond donors (Lipinski definition) is 0. The zero-order valence-electron chi connectivity index (χ0n) is 15.9. The van der Waals surface area contributed by atoms with Crippen LogP contribution in [0.5, 0.6) is 0 Å². The van der Waals surface area contributed by atoms with Crippen molar-refractivity contribution in [2.45, 2.75) is 31.7 Å². The maximum atomic E-state index is 12.7. The summed E-state index contributed by atoms with van der Waals surface area (Å²) in [5, 5.41) is 0. The van der Waals surface area contributed by atoms with E-state index in [1.807, 2.05) is 6.07 Å². The third-order valence-electron chi connectivity index (χ3n) is 5.68. The lowest BCUT2D eigenvalue weighted by atomic mass is 9.91. The summed E-state index contributed by atoms with van der Waals surface area (Å²) >= 11 is 0. The third-order valence-corrected chi connectivity index (χ3v) is 5.68. The van der Waals surface area contributed by atoms with E-state index in [2.05, 4.69) is 34.1 Å². The minimum absolute atomic E-state index is 0.302. The van der Waals surface area contributed by atoms with Crippen molar-refractivity contribution in [3.8, 4) is 0 Å². The lowest BCUT2D eigenvalue weighted by Crippen LogP contribution is -2.55. The molecule has 26 heavy (non-hydrogen) atoms. The van der Waals surface area contributed by atoms with Crippen LogP contribution in [0.4, 0.5) is 0 Å². The second-order valence-electron chi connectivity index (χ2n) is 7.40. The van der Waals surface area contributed by atoms with E-state index in [0.29, 0.717) is 24.3 Å². The molecular weight excluding hydrogens is 328 g/mol. The lowest BCUT2D eigenvalue weighted by molar-refractivity contribution is -0.134. The van der Waals surface area contributed by atoms with Gasteiger partial charge in [0.25, 0.3) is 0 Å². The molecule has 144 valence electrons. The van der Waals surface area contributed by atoms with E-state index in [4.69, 9.17) is 9.47 Å². The topological polar surface area (TPSA) is 42.0 Å². The highest BCUT2D eigenvalue weighted by molar-refractivity contribution is 5.76. The number of piperidine rings is 1. The van der Waals surface area contributed by atoms with Crippen molar-refractivity contribution >= 4 is 5.91 Å².